The summed E-state index contributed by atoms with van der Waals surface area (Å²) in [5, 5.41) is 4.23. The smallest absolute Gasteiger partial charge is 0.153 e. The summed E-state index contributed by atoms with van der Waals surface area (Å²) >= 11 is 0. The average molecular weight is 261 g/mol. The first kappa shape index (κ1) is 13.5. The number of methoxy groups -OCH3 is 1. The second-order valence-corrected chi connectivity index (χ2v) is 4.55. The zero-order valence-electron chi connectivity index (χ0n) is 11.5. The number of ether oxygens (including phenoxy) is 2. The van der Waals surface area contributed by atoms with E-state index in [1.807, 2.05) is 42.8 Å². The van der Waals surface area contributed by atoms with E-state index in [-0.39, 0.29) is 6.10 Å². The molecule has 1 aromatic heterocycles. The standard InChI is InChI=1S/C14H19N3O2/c1-11(2)19-9-14-15-10-16-17(14)8-12-5-4-6-13(7-12)18-3/h4-7,10-11H,8-9H2,1-3H3. The van der Waals surface area contributed by atoms with Gasteiger partial charge in [0.05, 0.1) is 19.8 Å². The van der Waals surface area contributed by atoms with Crippen LogP contribution in [0.3, 0.4) is 0 Å². The van der Waals surface area contributed by atoms with Crippen LogP contribution in [0, 0.1) is 0 Å². The van der Waals surface area contributed by atoms with Gasteiger partial charge in [-0.2, -0.15) is 5.10 Å². The highest BCUT2D eigenvalue weighted by Crippen LogP contribution is 2.14. The second-order valence-electron chi connectivity index (χ2n) is 4.55. The predicted molar refractivity (Wildman–Crippen MR) is 72.0 cm³/mol. The molecule has 0 saturated carbocycles. The van der Waals surface area contributed by atoms with E-state index in [9.17, 15) is 0 Å². The molecule has 0 spiro atoms. The minimum absolute atomic E-state index is 0.182. The molecule has 19 heavy (non-hydrogen) atoms. The van der Waals surface area contributed by atoms with Crippen LogP contribution in [0.25, 0.3) is 0 Å². The van der Waals surface area contributed by atoms with Crippen LogP contribution in [0.4, 0.5) is 0 Å². The number of hydrogen-bond donors (Lipinski definition) is 0. The van der Waals surface area contributed by atoms with Gasteiger partial charge in [-0.1, -0.05) is 12.1 Å². The van der Waals surface area contributed by atoms with Crippen molar-refractivity contribution in [3.05, 3.63) is 42.0 Å². The van der Waals surface area contributed by atoms with E-state index >= 15 is 0 Å². The van der Waals surface area contributed by atoms with Crippen molar-refractivity contribution in [2.45, 2.75) is 33.1 Å². The Bertz CT molecular complexity index is 523. The molecule has 0 fully saturated rings. The Morgan fingerprint density at radius 3 is 2.89 bits per heavy atom. The van der Waals surface area contributed by atoms with Crippen LogP contribution < -0.4 is 4.74 Å². The van der Waals surface area contributed by atoms with Crippen LogP contribution in [0.15, 0.2) is 30.6 Å². The molecule has 2 aromatic rings. The van der Waals surface area contributed by atoms with Gasteiger partial charge in [-0.05, 0) is 31.5 Å². The van der Waals surface area contributed by atoms with Crippen LogP contribution in [0.2, 0.25) is 0 Å². The lowest BCUT2D eigenvalue weighted by atomic mass is 10.2. The van der Waals surface area contributed by atoms with Crippen molar-refractivity contribution in [1.82, 2.24) is 14.8 Å². The van der Waals surface area contributed by atoms with E-state index in [0.717, 1.165) is 17.1 Å². The topological polar surface area (TPSA) is 49.2 Å². The summed E-state index contributed by atoms with van der Waals surface area (Å²) in [5.41, 5.74) is 1.12. The van der Waals surface area contributed by atoms with Crippen molar-refractivity contribution in [2.24, 2.45) is 0 Å². The number of hydrogen-bond acceptors (Lipinski definition) is 4. The molecule has 102 valence electrons. The van der Waals surface area contributed by atoms with E-state index in [1.54, 1.807) is 13.4 Å². The molecule has 2 rings (SSSR count). The van der Waals surface area contributed by atoms with Gasteiger partial charge in [0.15, 0.2) is 5.82 Å². The number of benzene rings is 1. The summed E-state index contributed by atoms with van der Waals surface area (Å²) in [5.74, 6) is 1.68. The molecule has 0 N–H and O–H groups in total. The Hall–Kier alpha value is -1.88. The molecular weight excluding hydrogens is 242 g/mol. The minimum atomic E-state index is 0.182. The molecular formula is C14H19N3O2. The largest absolute Gasteiger partial charge is 0.497 e. The molecule has 0 radical (unpaired) electrons. The van der Waals surface area contributed by atoms with Crippen molar-refractivity contribution >= 4 is 0 Å². The van der Waals surface area contributed by atoms with Crippen LogP contribution >= 0.6 is 0 Å². The van der Waals surface area contributed by atoms with Gasteiger partial charge in [0.2, 0.25) is 0 Å². The lowest BCUT2D eigenvalue weighted by molar-refractivity contribution is 0.0591. The average Bonchev–Trinajstić information content (AvgIpc) is 2.84. The van der Waals surface area contributed by atoms with Crippen molar-refractivity contribution in [2.75, 3.05) is 7.11 Å². The van der Waals surface area contributed by atoms with Gasteiger partial charge in [0.25, 0.3) is 0 Å². The van der Waals surface area contributed by atoms with Crippen molar-refractivity contribution < 1.29 is 9.47 Å². The zero-order chi connectivity index (χ0) is 13.7. The predicted octanol–water partition coefficient (Wildman–Crippen LogP) is 2.26. The van der Waals surface area contributed by atoms with Gasteiger partial charge in [-0.3, -0.25) is 0 Å². The molecule has 0 aliphatic rings. The molecule has 0 aliphatic carbocycles. The van der Waals surface area contributed by atoms with Gasteiger partial charge >= 0.3 is 0 Å². The molecule has 0 aliphatic heterocycles. The molecule has 5 heteroatoms. The highest BCUT2D eigenvalue weighted by molar-refractivity contribution is 5.28. The van der Waals surface area contributed by atoms with Gasteiger partial charge < -0.3 is 9.47 Å². The van der Waals surface area contributed by atoms with Gasteiger partial charge in [-0.25, -0.2) is 9.67 Å². The van der Waals surface area contributed by atoms with Crippen LogP contribution in [-0.2, 0) is 17.9 Å². The lowest BCUT2D eigenvalue weighted by Crippen LogP contribution is -2.11. The maximum atomic E-state index is 5.56. The van der Waals surface area contributed by atoms with Crippen LogP contribution in [-0.4, -0.2) is 28.0 Å². The fraction of sp³-hybridized carbons (Fsp3) is 0.429. The summed E-state index contributed by atoms with van der Waals surface area (Å²) in [6.07, 6.45) is 1.74. The normalized spacial score (nSPS) is 10.9. The van der Waals surface area contributed by atoms with E-state index in [4.69, 9.17) is 9.47 Å². The molecule has 1 aromatic carbocycles. The number of aromatic nitrogens is 3. The maximum Gasteiger partial charge on any atom is 0.153 e. The van der Waals surface area contributed by atoms with E-state index in [1.165, 1.54) is 0 Å². The summed E-state index contributed by atoms with van der Waals surface area (Å²) < 4.78 is 12.6. The van der Waals surface area contributed by atoms with E-state index < -0.39 is 0 Å². The van der Waals surface area contributed by atoms with E-state index in [2.05, 4.69) is 10.1 Å². The Kier molecular flexibility index (Phi) is 4.52. The first-order valence-corrected chi connectivity index (χ1v) is 6.30. The number of nitrogens with zero attached hydrogens (tertiary/aromatic N) is 3. The Labute approximate surface area is 113 Å². The molecule has 0 amide bonds. The van der Waals surface area contributed by atoms with E-state index in [0.29, 0.717) is 13.2 Å². The SMILES string of the molecule is COc1cccc(Cn2ncnc2COC(C)C)c1. The summed E-state index contributed by atoms with van der Waals surface area (Å²) in [6.45, 7) is 5.14. The van der Waals surface area contributed by atoms with Crippen molar-refractivity contribution in [1.29, 1.82) is 0 Å². The monoisotopic (exact) mass is 261 g/mol. The molecule has 0 unspecified atom stereocenters. The maximum absolute atomic E-state index is 5.56. The highest BCUT2D eigenvalue weighted by atomic mass is 16.5. The zero-order valence-corrected chi connectivity index (χ0v) is 11.5. The number of rotatable bonds is 6. The Morgan fingerprint density at radius 2 is 2.16 bits per heavy atom. The van der Waals surface area contributed by atoms with Gasteiger partial charge in [-0.15, -0.1) is 0 Å². The third kappa shape index (κ3) is 3.79. The van der Waals surface area contributed by atoms with Crippen molar-refractivity contribution in [3.63, 3.8) is 0 Å². The second kappa shape index (κ2) is 6.33. The third-order valence-electron chi connectivity index (χ3n) is 2.71. The first-order valence-electron chi connectivity index (χ1n) is 6.30. The molecule has 1 heterocycles. The molecule has 5 nitrogen and oxygen atoms in total. The summed E-state index contributed by atoms with van der Waals surface area (Å²) in [6, 6.07) is 7.93. The Balaban J connectivity index is 2.08. The van der Waals surface area contributed by atoms with Gasteiger partial charge in [0.1, 0.15) is 18.7 Å². The summed E-state index contributed by atoms with van der Waals surface area (Å²) in [4.78, 5) is 4.22. The van der Waals surface area contributed by atoms with Crippen molar-refractivity contribution in [3.8, 4) is 5.75 Å². The van der Waals surface area contributed by atoms with Crippen LogP contribution in [0.5, 0.6) is 5.75 Å². The van der Waals surface area contributed by atoms with Gasteiger partial charge in [0, 0.05) is 0 Å². The molecule has 0 atom stereocenters. The quantitative estimate of drug-likeness (QED) is 0.800. The highest BCUT2D eigenvalue weighted by Gasteiger charge is 2.07. The molecule has 0 saturated heterocycles. The third-order valence-corrected chi connectivity index (χ3v) is 2.71. The Morgan fingerprint density at radius 1 is 1.32 bits per heavy atom. The lowest BCUT2D eigenvalue weighted by Gasteiger charge is -2.09. The van der Waals surface area contributed by atoms with Crippen LogP contribution in [0.1, 0.15) is 25.2 Å². The fourth-order valence-corrected chi connectivity index (χ4v) is 1.72. The first-order chi connectivity index (χ1) is 9.19. The fourth-order valence-electron chi connectivity index (χ4n) is 1.72. The summed E-state index contributed by atoms with van der Waals surface area (Å²) in [7, 11) is 1.66. The molecule has 0 bridgehead atoms. The minimum Gasteiger partial charge on any atom is -0.497 e.